The molecule has 0 amide bonds. The molecule has 1 fully saturated rings. The molecule has 1 saturated carbocycles. The van der Waals surface area contributed by atoms with Crippen LogP contribution in [-0.2, 0) is 21.9 Å². The summed E-state index contributed by atoms with van der Waals surface area (Å²) in [6, 6.07) is 0. The number of hydrogen-bond donors (Lipinski definition) is 1. The first kappa shape index (κ1) is 20.8. The predicted octanol–water partition coefficient (Wildman–Crippen LogP) is 3.47. The van der Waals surface area contributed by atoms with Gasteiger partial charge in [0.05, 0.1) is 13.2 Å². The molecular formula is C18H28F2N2O4. The SMILES string of the molecule is COCCOC[C@H]1CCCC[C@H]1Cn1nc(C(C)(F)F)c(C)c1C(=O)O. The fraction of sp³-hybridized carbons (Fsp3) is 0.778. The minimum atomic E-state index is -3.17. The van der Waals surface area contributed by atoms with E-state index < -0.39 is 17.6 Å². The molecule has 0 spiro atoms. The first-order chi connectivity index (χ1) is 12.3. The Labute approximate surface area is 152 Å². The van der Waals surface area contributed by atoms with Crippen molar-refractivity contribution < 1.29 is 28.2 Å². The highest BCUT2D eigenvalue weighted by Crippen LogP contribution is 2.34. The van der Waals surface area contributed by atoms with Crippen molar-refractivity contribution in [2.75, 3.05) is 26.9 Å². The molecule has 1 heterocycles. The Bertz CT molecular complexity index is 613. The maximum absolute atomic E-state index is 13.8. The van der Waals surface area contributed by atoms with Gasteiger partial charge < -0.3 is 14.6 Å². The second-order valence-electron chi connectivity index (χ2n) is 7.07. The van der Waals surface area contributed by atoms with E-state index in [1.54, 1.807) is 7.11 Å². The Morgan fingerprint density at radius 3 is 2.54 bits per heavy atom. The maximum Gasteiger partial charge on any atom is 0.354 e. The van der Waals surface area contributed by atoms with Crippen LogP contribution >= 0.6 is 0 Å². The summed E-state index contributed by atoms with van der Waals surface area (Å²) in [6.45, 7) is 4.04. The first-order valence-corrected chi connectivity index (χ1v) is 9.01. The minimum absolute atomic E-state index is 0.0358. The molecule has 0 aromatic carbocycles. The van der Waals surface area contributed by atoms with E-state index in [9.17, 15) is 18.7 Å². The second-order valence-corrected chi connectivity index (χ2v) is 7.07. The molecule has 0 aliphatic heterocycles. The van der Waals surface area contributed by atoms with Crippen molar-refractivity contribution in [3.8, 4) is 0 Å². The quantitative estimate of drug-likeness (QED) is 0.670. The van der Waals surface area contributed by atoms with E-state index in [2.05, 4.69) is 5.10 Å². The van der Waals surface area contributed by atoms with Gasteiger partial charge in [-0.25, -0.2) is 4.79 Å². The number of hydrogen-bond acceptors (Lipinski definition) is 4. The van der Waals surface area contributed by atoms with Crippen LogP contribution in [0.25, 0.3) is 0 Å². The molecule has 1 aliphatic carbocycles. The van der Waals surface area contributed by atoms with E-state index in [4.69, 9.17) is 9.47 Å². The van der Waals surface area contributed by atoms with E-state index in [1.165, 1.54) is 11.6 Å². The van der Waals surface area contributed by atoms with E-state index in [0.717, 1.165) is 32.6 Å². The van der Waals surface area contributed by atoms with Gasteiger partial charge in [-0.1, -0.05) is 12.8 Å². The Morgan fingerprint density at radius 1 is 1.31 bits per heavy atom. The minimum Gasteiger partial charge on any atom is -0.477 e. The molecule has 8 heteroatoms. The Morgan fingerprint density at radius 2 is 1.96 bits per heavy atom. The largest absolute Gasteiger partial charge is 0.477 e. The number of methoxy groups -OCH3 is 1. The number of aromatic nitrogens is 2. The van der Waals surface area contributed by atoms with Gasteiger partial charge in [0.15, 0.2) is 0 Å². The lowest BCUT2D eigenvalue weighted by Crippen LogP contribution is -2.29. The van der Waals surface area contributed by atoms with Crippen LogP contribution in [0.5, 0.6) is 0 Å². The van der Waals surface area contributed by atoms with Gasteiger partial charge in [-0.05, 0) is 31.6 Å². The van der Waals surface area contributed by atoms with Crippen molar-refractivity contribution in [1.82, 2.24) is 9.78 Å². The van der Waals surface area contributed by atoms with Gasteiger partial charge in [-0.15, -0.1) is 0 Å². The molecule has 2 rings (SSSR count). The van der Waals surface area contributed by atoms with Gasteiger partial charge in [-0.3, -0.25) is 4.68 Å². The van der Waals surface area contributed by atoms with E-state index in [0.29, 0.717) is 26.4 Å². The maximum atomic E-state index is 13.8. The molecule has 2 atom stereocenters. The van der Waals surface area contributed by atoms with Gasteiger partial charge in [0.25, 0.3) is 5.92 Å². The smallest absolute Gasteiger partial charge is 0.354 e. The predicted molar refractivity (Wildman–Crippen MR) is 91.6 cm³/mol. The molecule has 0 radical (unpaired) electrons. The van der Waals surface area contributed by atoms with Crippen molar-refractivity contribution in [2.45, 2.75) is 52.0 Å². The van der Waals surface area contributed by atoms with Gasteiger partial charge >= 0.3 is 5.97 Å². The summed E-state index contributed by atoms with van der Waals surface area (Å²) in [6.07, 6.45) is 4.03. The third-order valence-electron chi connectivity index (χ3n) is 5.05. The van der Waals surface area contributed by atoms with E-state index in [1.807, 2.05) is 0 Å². The molecule has 1 N–H and O–H groups in total. The van der Waals surface area contributed by atoms with Gasteiger partial charge in [0, 0.05) is 32.7 Å². The van der Waals surface area contributed by atoms with Crippen molar-refractivity contribution in [2.24, 2.45) is 11.8 Å². The molecule has 26 heavy (non-hydrogen) atoms. The van der Waals surface area contributed by atoms with Crippen LogP contribution in [0.4, 0.5) is 8.78 Å². The molecule has 0 saturated heterocycles. The van der Waals surface area contributed by atoms with E-state index in [-0.39, 0.29) is 23.1 Å². The normalized spacial score (nSPS) is 21.1. The number of carbonyl (C=O) groups is 1. The molecule has 1 aromatic rings. The monoisotopic (exact) mass is 374 g/mol. The zero-order chi connectivity index (χ0) is 19.3. The Kier molecular flexibility index (Phi) is 7.11. The lowest BCUT2D eigenvalue weighted by atomic mass is 9.79. The molecular weight excluding hydrogens is 346 g/mol. The first-order valence-electron chi connectivity index (χ1n) is 9.01. The molecule has 1 aromatic heterocycles. The average molecular weight is 374 g/mol. The van der Waals surface area contributed by atoms with Crippen molar-refractivity contribution in [3.05, 3.63) is 17.0 Å². The van der Waals surface area contributed by atoms with Crippen molar-refractivity contribution in [1.29, 1.82) is 0 Å². The third kappa shape index (κ3) is 5.01. The summed E-state index contributed by atoms with van der Waals surface area (Å²) in [7, 11) is 1.61. The van der Waals surface area contributed by atoms with Crippen LogP contribution < -0.4 is 0 Å². The highest BCUT2D eigenvalue weighted by Gasteiger charge is 2.35. The van der Waals surface area contributed by atoms with Crippen molar-refractivity contribution in [3.63, 3.8) is 0 Å². The lowest BCUT2D eigenvalue weighted by molar-refractivity contribution is 0.0103. The zero-order valence-electron chi connectivity index (χ0n) is 15.6. The molecule has 148 valence electrons. The molecule has 0 unspecified atom stereocenters. The molecule has 0 bridgehead atoms. The van der Waals surface area contributed by atoms with Crippen LogP contribution in [0.3, 0.4) is 0 Å². The number of rotatable bonds is 9. The Hall–Kier alpha value is -1.54. The number of carboxylic acid groups (broad SMARTS) is 1. The summed E-state index contributed by atoms with van der Waals surface area (Å²) in [5.41, 5.74) is -0.571. The molecule has 1 aliphatic rings. The summed E-state index contributed by atoms with van der Waals surface area (Å²) in [5.74, 6) is -3.98. The van der Waals surface area contributed by atoms with Crippen LogP contribution in [0.15, 0.2) is 0 Å². The van der Waals surface area contributed by atoms with Gasteiger partial charge in [0.2, 0.25) is 0 Å². The summed E-state index contributed by atoms with van der Waals surface area (Å²) < 4.78 is 39.4. The van der Waals surface area contributed by atoms with Crippen molar-refractivity contribution >= 4 is 5.97 Å². The number of nitrogens with zero attached hydrogens (tertiary/aromatic N) is 2. The Balaban J connectivity index is 2.17. The number of alkyl halides is 2. The zero-order valence-corrected chi connectivity index (χ0v) is 15.6. The highest BCUT2D eigenvalue weighted by atomic mass is 19.3. The van der Waals surface area contributed by atoms with Crippen LogP contribution in [0.2, 0.25) is 0 Å². The topological polar surface area (TPSA) is 73.6 Å². The van der Waals surface area contributed by atoms with Gasteiger partial charge in [-0.2, -0.15) is 13.9 Å². The fourth-order valence-electron chi connectivity index (χ4n) is 3.71. The number of carboxylic acids is 1. The second kappa shape index (κ2) is 8.90. The number of halogens is 2. The van der Waals surface area contributed by atoms with E-state index >= 15 is 0 Å². The van der Waals surface area contributed by atoms with Crippen LogP contribution in [0, 0.1) is 18.8 Å². The summed E-state index contributed by atoms with van der Waals surface area (Å²) >= 11 is 0. The van der Waals surface area contributed by atoms with Crippen LogP contribution in [0.1, 0.15) is 54.4 Å². The average Bonchev–Trinajstić information content (AvgIpc) is 2.89. The fourth-order valence-corrected chi connectivity index (χ4v) is 3.71. The third-order valence-corrected chi connectivity index (χ3v) is 5.05. The van der Waals surface area contributed by atoms with Gasteiger partial charge in [0.1, 0.15) is 11.4 Å². The highest BCUT2D eigenvalue weighted by molar-refractivity contribution is 5.87. The number of ether oxygens (including phenoxy) is 2. The number of aromatic carboxylic acids is 1. The summed E-state index contributed by atoms with van der Waals surface area (Å²) in [5, 5.41) is 13.4. The lowest BCUT2D eigenvalue weighted by Gasteiger charge is -2.31. The standard InChI is InChI=1S/C18H28F2N2O4/c1-12-15(17(23)24)22(21-16(12)18(2,19)20)10-13-6-4-5-7-14(13)11-26-9-8-25-3/h13-14H,4-11H2,1-3H3,(H,23,24)/t13-,14+/m0/s1. The summed E-state index contributed by atoms with van der Waals surface area (Å²) in [4.78, 5) is 11.6. The molecule has 6 nitrogen and oxygen atoms in total. The van der Waals surface area contributed by atoms with Crippen LogP contribution in [-0.4, -0.2) is 47.8 Å².